The molecular weight excluding hydrogens is 293 g/mol. The molecule has 0 unspecified atom stereocenters. The molecule has 1 aromatic carbocycles. The topological polar surface area (TPSA) is 79.4 Å². The molecular formula is C12H9Cl2NO4. The first kappa shape index (κ1) is 13.7. The summed E-state index contributed by atoms with van der Waals surface area (Å²) in [7, 11) is 1.37. The van der Waals surface area contributed by atoms with Gasteiger partial charge in [0.25, 0.3) is 0 Å². The number of carboxylic acid groups (broad SMARTS) is 1. The van der Waals surface area contributed by atoms with Crippen molar-refractivity contribution in [1.29, 1.82) is 0 Å². The Morgan fingerprint density at radius 3 is 2.53 bits per heavy atom. The van der Waals surface area contributed by atoms with Crippen molar-refractivity contribution in [2.75, 3.05) is 7.11 Å². The van der Waals surface area contributed by atoms with Crippen molar-refractivity contribution >= 4 is 40.1 Å². The lowest BCUT2D eigenvalue weighted by atomic mass is 10.1. The highest BCUT2D eigenvalue weighted by molar-refractivity contribution is 6.39. The minimum Gasteiger partial charge on any atom is -0.493 e. The van der Waals surface area contributed by atoms with Crippen LogP contribution in [0.2, 0.25) is 10.0 Å². The zero-order chi connectivity index (χ0) is 14.3. The molecule has 0 radical (unpaired) electrons. The summed E-state index contributed by atoms with van der Waals surface area (Å²) in [6, 6.07) is 1.39. The van der Waals surface area contributed by atoms with Gasteiger partial charge >= 0.3 is 5.97 Å². The molecule has 1 heterocycles. The van der Waals surface area contributed by atoms with Crippen molar-refractivity contribution in [3.05, 3.63) is 37.6 Å². The van der Waals surface area contributed by atoms with Gasteiger partial charge in [-0.05, 0) is 13.0 Å². The summed E-state index contributed by atoms with van der Waals surface area (Å²) in [6.45, 7) is 1.42. The number of hydrogen-bond donors (Lipinski definition) is 2. The summed E-state index contributed by atoms with van der Waals surface area (Å²) in [5, 5.41) is 9.56. The van der Waals surface area contributed by atoms with Gasteiger partial charge in [-0.2, -0.15) is 0 Å². The van der Waals surface area contributed by atoms with Crippen LogP contribution in [0, 0.1) is 6.92 Å². The summed E-state index contributed by atoms with van der Waals surface area (Å²) in [5.41, 5.74) is -0.431. The fraction of sp³-hybridized carbons (Fsp3) is 0.167. The van der Waals surface area contributed by atoms with Crippen LogP contribution in [0.3, 0.4) is 0 Å². The van der Waals surface area contributed by atoms with E-state index in [1.807, 2.05) is 0 Å². The Balaban J connectivity index is 3.09. The SMILES string of the molecule is COc1c(Cl)cc(Cl)c2c(=O)c(C)c(C(=O)O)[nH]c12. The number of carboxylic acids is 1. The first-order valence-corrected chi connectivity index (χ1v) is 5.96. The first-order chi connectivity index (χ1) is 8.88. The van der Waals surface area contributed by atoms with Gasteiger partial charge < -0.3 is 14.8 Å². The van der Waals surface area contributed by atoms with Gasteiger partial charge in [0, 0.05) is 5.56 Å². The molecule has 0 saturated carbocycles. The van der Waals surface area contributed by atoms with Gasteiger partial charge in [-0.1, -0.05) is 23.2 Å². The number of aromatic nitrogens is 1. The van der Waals surface area contributed by atoms with Crippen molar-refractivity contribution in [2.24, 2.45) is 0 Å². The Kier molecular flexibility index (Phi) is 3.43. The van der Waals surface area contributed by atoms with E-state index in [0.29, 0.717) is 0 Å². The van der Waals surface area contributed by atoms with Gasteiger partial charge in [0.15, 0.2) is 11.2 Å². The van der Waals surface area contributed by atoms with E-state index in [9.17, 15) is 9.59 Å². The summed E-state index contributed by atoms with van der Waals surface area (Å²) < 4.78 is 5.09. The molecule has 0 amide bonds. The molecule has 2 aromatic rings. The normalized spacial score (nSPS) is 10.7. The number of fused-ring (bicyclic) bond motifs is 1. The average molecular weight is 302 g/mol. The van der Waals surface area contributed by atoms with Crippen LogP contribution >= 0.6 is 23.2 Å². The first-order valence-electron chi connectivity index (χ1n) is 5.20. The molecule has 7 heteroatoms. The van der Waals surface area contributed by atoms with Gasteiger partial charge in [0.2, 0.25) is 0 Å². The number of nitrogens with one attached hydrogen (secondary N) is 1. The third-order valence-corrected chi connectivity index (χ3v) is 3.38. The van der Waals surface area contributed by atoms with Gasteiger partial charge in [0.1, 0.15) is 5.69 Å². The fourth-order valence-corrected chi connectivity index (χ4v) is 2.50. The number of carbonyl (C=O) groups is 1. The lowest BCUT2D eigenvalue weighted by Crippen LogP contribution is -2.16. The maximum absolute atomic E-state index is 12.2. The van der Waals surface area contributed by atoms with Crippen molar-refractivity contribution in [3.8, 4) is 5.75 Å². The Morgan fingerprint density at radius 1 is 1.37 bits per heavy atom. The molecule has 0 bridgehead atoms. The molecule has 100 valence electrons. The summed E-state index contributed by atoms with van der Waals surface area (Å²) in [5.74, 6) is -1.06. The Morgan fingerprint density at radius 2 is 2.00 bits per heavy atom. The molecule has 0 saturated heterocycles. The predicted molar refractivity (Wildman–Crippen MR) is 72.8 cm³/mol. The molecule has 0 aliphatic rings. The van der Waals surface area contributed by atoms with Gasteiger partial charge in [-0.25, -0.2) is 4.79 Å². The summed E-state index contributed by atoms with van der Waals surface area (Å²) in [4.78, 5) is 25.9. The third-order valence-electron chi connectivity index (χ3n) is 2.80. The molecule has 0 fully saturated rings. The maximum Gasteiger partial charge on any atom is 0.352 e. The molecule has 0 aliphatic heterocycles. The Hall–Kier alpha value is -1.72. The minimum atomic E-state index is -1.24. The van der Waals surface area contributed by atoms with E-state index in [-0.39, 0.29) is 38.0 Å². The largest absolute Gasteiger partial charge is 0.493 e. The summed E-state index contributed by atoms with van der Waals surface area (Å²) >= 11 is 11.9. The standard InChI is InChI=1S/C12H9Cl2NO4/c1-4-8(12(17)18)15-9-7(10(4)16)5(13)3-6(14)11(9)19-2/h3H,1-2H3,(H,15,16)(H,17,18). The number of pyridine rings is 1. The minimum absolute atomic E-state index is 0.0753. The van der Waals surface area contributed by atoms with E-state index in [1.54, 1.807) is 0 Å². The molecule has 0 atom stereocenters. The van der Waals surface area contributed by atoms with Gasteiger partial charge in [-0.3, -0.25) is 4.79 Å². The highest BCUT2D eigenvalue weighted by Gasteiger charge is 2.20. The van der Waals surface area contributed by atoms with E-state index in [0.717, 1.165) is 0 Å². The number of benzene rings is 1. The third kappa shape index (κ3) is 2.05. The van der Waals surface area contributed by atoms with Crippen molar-refractivity contribution < 1.29 is 14.6 Å². The summed E-state index contributed by atoms with van der Waals surface area (Å²) in [6.07, 6.45) is 0. The van der Waals surface area contributed by atoms with Crippen LogP contribution < -0.4 is 10.2 Å². The highest BCUT2D eigenvalue weighted by Crippen LogP contribution is 2.35. The van der Waals surface area contributed by atoms with E-state index < -0.39 is 11.4 Å². The molecule has 1 aromatic heterocycles. The number of ether oxygens (including phenoxy) is 1. The number of methoxy groups -OCH3 is 1. The molecule has 5 nitrogen and oxygen atoms in total. The molecule has 0 spiro atoms. The van der Waals surface area contributed by atoms with Crippen LogP contribution in [0.5, 0.6) is 5.75 Å². The van der Waals surface area contributed by atoms with Gasteiger partial charge in [0.05, 0.1) is 28.1 Å². The van der Waals surface area contributed by atoms with Crippen LogP contribution in [-0.4, -0.2) is 23.2 Å². The van der Waals surface area contributed by atoms with Crippen molar-refractivity contribution in [2.45, 2.75) is 6.92 Å². The second-order valence-electron chi connectivity index (χ2n) is 3.88. The van der Waals surface area contributed by atoms with Crippen molar-refractivity contribution in [1.82, 2.24) is 4.98 Å². The van der Waals surface area contributed by atoms with E-state index in [4.69, 9.17) is 33.0 Å². The molecule has 2 N–H and O–H groups in total. The average Bonchev–Trinajstić information content (AvgIpc) is 2.32. The second kappa shape index (κ2) is 4.75. The van der Waals surface area contributed by atoms with E-state index in [2.05, 4.69) is 4.98 Å². The highest BCUT2D eigenvalue weighted by atomic mass is 35.5. The molecule has 0 aliphatic carbocycles. The van der Waals surface area contributed by atoms with E-state index >= 15 is 0 Å². The second-order valence-corrected chi connectivity index (χ2v) is 4.70. The van der Waals surface area contributed by atoms with Crippen LogP contribution in [0.1, 0.15) is 16.1 Å². The van der Waals surface area contributed by atoms with E-state index in [1.165, 1.54) is 20.1 Å². The van der Waals surface area contributed by atoms with Gasteiger partial charge in [-0.15, -0.1) is 0 Å². The zero-order valence-corrected chi connectivity index (χ0v) is 11.5. The lowest BCUT2D eigenvalue weighted by Gasteiger charge is -2.11. The van der Waals surface area contributed by atoms with Crippen molar-refractivity contribution in [3.63, 3.8) is 0 Å². The number of hydrogen-bond acceptors (Lipinski definition) is 3. The van der Waals surface area contributed by atoms with Crippen LogP contribution in [0.4, 0.5) is 0 Å². The van der Waals surface area contributed by atoms with Crippen LogP contribution in [-0.2, 0) is 0 Å². The zero-order valence-electron chi connectivity index (χ0n) is 10.0. The fourth-order valence-electron chi connectivity index (χ4n) is 1.88. The Bertz CT molecular complexity index is 752. The number of aromatic amines is 1. The predicted octanol–water partition coefficient (Wildman–Crippen LogP) is 2.85. The Labute approximate surface area is 117 Å². The monoisotopic (exact) mass is 301 g/mol. The number of halogens is 2. The lowest BCUT2D eigenvalue weighted by molar-refractivity contribution is 0.0690. The quantitative estimate of drug-likeness (QED) is 0.894. The number of rotatable bonds is 2. The number of H-pyrrole nitrogens is 1. The number of aromatic carboxylic acids is 1. The maximum atomic E-state index is 12.2. The molecule has 2 rings (SSSR count). The molecule has 19 heavy (non-hydrogen) atoms. The van der Waals surface area contributed by atoms with Crippen LogP contribution in [0.15, 0.2) is 10.9 Å². The smallest absolute Gasteiger partial charge is 0.352 e. The van der Waals surface area contributed by atoms with Crippen LogP contribution in [0.25, 0.3) is 10.9 Å².